The van der Waals surface area contributed by atoms with Crippen LogP contribution < -0.4 is 0 Å². The number of benzene rings is 17. The summed E-state index contributed by atoms with van der Waals surface area (Å²) in [6, 6.07) is 151. The van der Waals surface area contributed by atoms with E-state index >= 15 is 0 Å². The summed E-state index contributed by atoms with van der Waals surface area (Å²) >= 11 is 0. The molecule has 0 saturated heterocycles. The first-order valence-corrected chi connectivity index (χ1v) is 39.9. The molecule has 0 amide bonds. The minimum Gasteiger partial charge on any atom is -0.309 e. The smallest absolute Gasteiger partial charge is 0.235 e. The molecule has 6 heterocycles. The summed E-state index contributed by atoms with van der Waals surface area (Å²) in [6.07, 6.45) is 1.87. The third kappa shape index (κ3) is 12.3. The van der Waals surface area contributed by atoms with Crippen molar-refractivity contribution in [3.63, 3.8) is 0 Å². The van der Waals surface area contributed by atoms with Crippen LogP contribution in [0.4, 0.5) is 0 Å². The topological polar surface area (TPSA) is 84.2 Å². The van der Waals surface area contributed by atoms with Gasteiger partial charge in [-0.05, 0) is 177 Å². The van der Waals surface area contributed by atoms with Gasteiger partial charge in [-0.1, -0.05) is 303 Å². The molecule has 0 aliphatic rings. The first-order chi connectivity index (χ1) is 58.5. The lowest BCUT2D eigenvalue weighted by Gasteiger charge is -2.12. The van der Waals surface area contributed by atoms with Gasteiger partial charge in [0, 0.05) is 88.6 Å². The highest BCUT2D eigenvalue weighted by Gasteiger charge is 2.22. The molecule has 0 aliphatic carbocycles. The van der Waals surface area contributed by atoms with E-state index in [-0.39, 0.29) is 0 Å². The van der Waals surface area contributed by atoms with Gasteiger partial charge in [-0.15, -0.1) is 0 Å². The average Bonchev–Trinajstić information content (AvgIpc) is 1.59. The molecule has 0 atom stereocenters. The SMILES string of the molecule is c1ccc(-c2ccc(-c3cccc(-c4ccnc(-n5c6ccccc6c6cc(-c7ccc8c(c7)c7ccccc7n8-c7ccc(-c8ccccc8)cc7)ccc65)n4)c3)cc2)cc1.c1ccc(-c2nc(-c3ccccc3)nc(-c3cccc(-n4c5ccccc5c5cc(-c6ccc7c(c6)c6ccccc6n7-c6ccccc6)ccc54)c3)n2)cc1. The van der Waals surface area contributed by atoms with Gasteiger partial charge >= 0.3 is 0 Å². The summed E-state index contributed by atoms with van der Waals surface area (Å²) < 4.78 is 9.30. The third-order valence-electron chi connectivity index (χ3n) is 23.0. The lowest BCUT2D eigenvalue weighted by Crippen LogP contribution is -2.01. The fourth-order valence-electron chi connectivity index (χ4n) is 17.4. The van der Waals surface area contributed by atoms with Crippen LogP contribution in [0.5, 0.6) is 0 Å². The lowest BCUT2D eigenvalue weighted by molar-refractivity contribution is 0.992. The van der Waals surface area contributed by atoms with E-state index in [4.69, 9.17) is 24.9 Å². The van der Waals surface area contributed by atoms with E-state index in [2.05, 4.69) is 376 Å². The quantitative estimate of drug-likeness (QED) is 0.115. The summed E-state index contributed by atoms with van der Waals surface area (Å²) in [5, 5.41) is 9.68. The van der Waals surface area contributed by atoms with E-state index in [1.807, 2.05) is 72.9 Å². The molecule has 0 N–H and O–H groups in total. The Bertz CT molecular complexity index is 7700. The largest absolute Gasteiger partial charge is 0.309 e. The number of aromatic nitrogens is 9. The highest BCUT2D eigenvalue weighted by Crippen LogP contribution is 2.43. The van der Waals surface area contributed by atoms with Gasteiger partial charge in [0.05, 0.1) is 49.8 Å². The van der Waals surface area contributed by atoms with E-state index in [1.54, 1.807) is 0 Å². The second-order valence-corrected chi connectivity index (χ2v) is 29.9. The first-order valence-electron chi connectivity index (χ1n) is 39.9. The molecule has 0 fully saturated rings. The molecule has 0 bridgehead atoms. The van der Waals surface area contributed by atoms with Crippen LogP contribution in [0, 0.1) is 0 Å². The van der Waals surface area contributed by atoms with Crippen molar-refractivity contribution in [2.75, 3.05) is 0 Å². The number of rotatable bonds is 13. The zero-order valence-electron chi connectivity index (χ0n) is 64.0. The van der Waals surface area contributed by atoms with Crippen LogP contribution in [0.15, 0.2) is 431 Å². The molecule has 6 aromatic heterocycles. The third-order valence-corrected chi connectivity index (χ3v) is 23.0. The highest BCUT2D eigenvalue weighted by molar-refractivity contribution is 6.15. The summed E-state index contributed by atoms with van der Waals surface area (Å²) in [6.45, 7) is 0. The maximum absolute atomic E-state index is 5.21. The Morgan fingerprint density at radius 3 is 0.881 bits per heavy atom. The van der Waals surface area contributed by atoms with Crippen molar-refractivity contribution in [1.82, 2.24) is 43.2 Å². The van der Waals surface area contributed by atoms with Crippen molar-refractivity contribution < 1.29 is 0 Å². The highest BCUT2D eigenvalue weighted by atomic mass is 15.2. The Labute approximate surface area is 680 Å². The van der Waals surface area contributed by atoms with Crippen LogP contribution in [0.25, 0.3) is 211 Å². The molecule has 23 rings (SSSR count). The summed E-state index contributed by atoms with van der Waals surface area (Å²) in [4.78, 5) is 25.0. The zero-order valence-corrected chi connectivity index (χ0v) is 64.0. The predicted molar refractivity (Wildman–Crippen MR) is 488 cm³/mol. The molecule has 552 valence electrons. The van der Waals surface area contributed by atoms with Crippen LogP contribution in [-0.2, 0) is 0 Å². The van der Waals surface area contributed by atoms with Gasteiger partial charge < -0.3 is 13.7 Å². The van der Waals surface area contributed by atoms with Crippen molar-refractivity contribution in [1.29, 1.82) is 0 Å². The molecule has 118 heavy (non-hydrogen) atoms. The normalized spacial score (nSPS) is 11.6. The van der Waals surface area contributed by atoms with Crippen molar-refractivity contribution in [2.24, 2.45) is 0 Å². The van der Waals surface area contributed by atoms with E-state index in [9.17, 15) is 0 Å². The molecule has 9 heteroatoms. The standard InChI is InChI=1S/C58H38N4.C51H33N5/c1-3-12-39(13-4-1)41-22-24-43(25-23-41)44-16-11-17-47(36-44)53-34-35-59-58(60-53)62-55-21-10-8-19-50(55)52-38-46(29-33-57(52)62)45-28-32-56-51(37-45)49-18-7-9-20-54(49)61(56)48-30-26-42(27-31-48)40-14-5-2-6-15-40;1-4-15-34(16-5-1)49-52-50(35-17-6-2-7-18-35)54-51(53-49)38-19-14-22-40(31-38)56-46-26-13-11-24-42(46)44-33-37(28-30-48(44)56)36-27-29-47-43(32-36)41-23-10-12-25-45(41)55(47)39-20-8-3-9-21-39/h1-38H;1-33H. The molecular formula is C109H71N9. The Kier molecular flexibility index (Phi) is 17.0. The van der Waals surface area contributed by atoms with Gasteiger partial charge in [0.2, 0.25) is 5.95 Å². The van der Waals surface area contributed by atoms with Gasteiger partial charge in [-0.2, -0.15) is 0 Å². The number of fused-ring (bicyclic) bond motifs is 12. The number of hydrogen-bond acceptors (Lipinski definition) is 5. The maximum Gasteiger partial charge on any atom is 0.235 e. The van der Waals surface area contributed by atoms with E-state index in [0.29, 0.717) is 23.4 Å². The second kappa shape index (κ2) is 29.2. The fourth-order valence-corrected chi connectivity index (χ4v) is 17.4. The van der Waals surface area contributed by atoms with Crippen molar-refractivity contribution in [3.8, 4) is 124 Å². The molecule has 0 saturated carbocycles. The predicted octanol–water partition coefficient (Wildman–Crippen LogP) is 27.7. The van der Waals surface area contributed by atoms with Crippen LogP contribution in [0.2, 0.25) is 0 Å². The molecule has 0 radical (unpaired) electrons. The van der Waals surface area contributed by atoms with Gasteiger partial charge in [-0.25, -0.2) is 24.9 Å². The van der Waals surface area contributed by atoms with E-state index < -0.39 is 0 Å². The lowest BCUT2D eigenvalue weighted by atomic mass is 9.98. The number of para-hydroxylation sites is 5. The fraction of sp³-hybridized carbons (Fsp3) is 0. The number of nitrogens with zero attached hydrogens (tertiary/aromatic N) is 9. The molecule has 0 unspecified atom stereocenters. The molecule has 0 aliphatic heterocycles. The molecule has 17 aromatic carbocycles. The van der Waals surface area contributed by atoms with Crippen LogP contribution in [0.3, 0.4) is 0 Å². The van der Waals surface area contributed by atoms with Gasteiger partial charge in [0.15, 0.2) is 17.5 Å². The van der Waals surface area contributed by atoms with Gasteiger partial charge in [0.25, 0.3) is 0 Å². The Hall–Kier alpha value is -16.0. The van der Waals surface area contributed by atoms with Gasteiger partial charge in [0.1, 0.15) is 0 Å². The van der Waals surface area contributed by atoms with Gasteiger partial charge in [-0.3, -0.25) is 4.57 Å². The maximum atomic E-state index is 5.21. The summed E-state index contributed by atoms with van der Waals surface area (Å²) in [5.41, 5.74) is 29.1. The first kappa shape index (κ1) is 68.8. The summed E-state index contributed by atoms with van der Waals surface area (Å²) in [5.74, 6) is 2.57. The minimum atomic E-state index is 0.631. The molecule has 9 nitrogen and oxygen atoms in total. The van der Waals surface area contributed by atoms with Crippen molar-refractivity contribution in [2.45, 2.75) is 0 Å². The zero-order chi connectivity index (χ0) is 78.0. The van der Waals surface area contributed by atoms with E-state index in [1.165, 1.54) is 93.3 Å². The number of hydrogen-bond donors (Lipinski definition) is 0. The Balaban J connectivity index is 0.000000143. The van der Waals surface area contributed by atoms with Crippen LogP contribution in [0.1, 0.15) is 0 Å². The summed E-state index contributed by atoms with van der Waals surface area (Å²) in [7, 11) is 0. The monoisotopic (exact) mass is 1510 g/mol. The molecule has 23 aromatic rings. The molecular weight excluding hydrogens is 1440 g/mol. The molecule has 0 spiro atoms. The van der Waals surface area contributed by atoms with Crippen molar-refractivity contribution >= 4 is 87.2 Å². The van der Waals surface area contributed by atoms with Crippen molar-refractivity contribution in [3.05, 3.63) is 431 Å². The van der Waals surface area contributed by atoms with E-state index in [0.717, 1.165) is 94.5 Å². The Morgan fingerprint density at radius 1 is 0.153 bits per heavy atom. The average molecular weight is 1510 g/mol. The van der Waals surface area contributed by atoms with Crippen LogP contribution in [-0.4, -0.2) is 43.2 Å². The van der Waals surface area contributed by atoms with Crippen LogP contribution >= 0.6 is 0 Å². The Morgan fingerprint density at radius 2 is 0.432 bits per heavy atom. The second-order valence-electron chi connectivity index (χ2n) is 29.9. The minimum absolute atomic E-state index is 0.631.